The van der Waals surface area contributed by atoms with Gasteiger partial charge < -0.3 is 9.80 Å². The average Bonchev–Trinajstić information content (AvgIpc) is 2.98. The van der Waals surface area contributed by atoms with E-state index in [2.05, 4.69) is 50.1 Å². The number of anilines is 1. The van der Waals surface area contributed by atoms with Gasteiger partial charge >= 0.3 is 0 Å². The van der Waals surface area contributed by atoms with E-state index in [4.69, 9.17) is 0 Å². The molecule has 1 saturated carbocycles. The number of hydrogen-bond acceptors (Lipinski definition) is 4. The van der Waals surface area contributed by atoms with Crippen molar-refractivity contribution in [3.63, 3.8) is 0 Å². The van der Waals surface area contributed by atoms with E-state index in [1.54, 1.807) is 12.4 Å². The van der Waals surface area contributed by atoms with Crippen molar-refractivity contribution in [3.8, 4) is 0 Å². The van der Waals surface area contributed by atoms with E-state index in [9.17, 15) is 4.79 Å². The van der Waals surface area contributed by atoms with Crippen LogP contribution < -0.4 is 4.90 Å². The van der Waals surface area contributed by atoms with E-state index in [0.717, 1.165) is 51.1 Å². The minimum absolute atomic E-state index is 0.231. The minimum Gasteiger partial charge on any atom is -0.369 e. The normalized spacial score (nSPS) is 21.4. The van der Waals surface area contributed by atoms with Crippen molar-refractivity contribution in [1.29, 1.82) is 0 Å². The summed E-state index contributed by atoms with van der Waals surface area (Å²) in [6.45, 7) is 3.45. The first kappa shape index (κ1) is 18.9. The van der Waals surface area contributed by atoms with Gasteiger partial charge in [0.1, 0.15) is 0 Å². The Balaban J connectivity index is 1.52. The monoisotopic (exact) mass is 378 g/mol. The number of nitrogens with zero attached hydrogens (tertiary/aromatic N) is 4. The zero-order chi connectivity index (χ0) is 19.2. The molecule has 5 heteroatoms. The van der Waals surface area contributed by atoms with Crippen LogP contribution >= 0.6 is 0 Å². The van der Waals surface area contributed by atoms with Gasteiger partial charge in [0, 0.05) is 56.4 Å². The van der Waals surface area contributed by atoms with E-state index in [-0.39, 0.29) is 5.92 Å². The maximum absolute atomic E-state index is 13.2. The van der Waals surface area contributed by atoms with Crippen LogP contribution in [0.15, 0.2) is 48.9 Å². The van der Waals surface area contributed by atoms with Crippen LogP contribution in [0.2, 0.25) is 0 Å². The summed E-state index contributed by atoms with van der Waals surface area (Å²) >= 11 is 0. The summed E-state index contributed by atoms with van der Waals surface area (Å²) in [6, 6.07) is 10.6. The highest BCUT2D eigenvalue weighted by Crippen LogP contribution is 2.27. The van der Waals surface area contributed by atoms with Crippen molar-refractivity contribution in [2.45, 2.75) is 38.5 Å². The second-order valence-electron chi connectivity index (χ2n) is 8.17. The first-order valence-electron chi connectivity index (χ1n) is 10.6. The molecule has 1 aliphatic heterocycles. The van der Waals surface area contributed by atoms with Crippen LogP contribution in [0.5, 0.6) is 0 Å². The molecule has 1 saturated heterocycles. The van der Waals surface area contributed by atoms with Gasteiger partial charge in [-0.05, 0) is 37.3 Å². The molecule has 2 fully saturated rings. The Morgan fingerprint density at radius 1 is 1.00 bits per heavy atom. The lowest BCUT2D eigenvalue weighted by atomic mass is 9.88. The van der Waals surface area contributed by atoms with Crippen molar-refractivity contribution in [1.82, 2.24) is 14.9 Å². The number of carbonyl (C=O) groups is 1. The van der Waals surface area contributed by atoms with Gasteiger partial charge in [-0.3, -0.25) is 14.8 Å². The van der Waals surface area contributed by atoms with E-state index in [1.165, 1.54) is 24.9 Å². The van der Waals surface area contributed by atoms with E-state index in [0.29, 0.717) is 11.8 Å². The molecule has 1 aromatic heterocycles. The second-order valence-corrected chi connectivity index (χ2v) is 8.17. The van der Waals surface area contributed by atoms with Gasteiger partial charge in [0.05, 0.1) is 5.69 Å². The molecule has 28 heavy (non-hydrogen) atoms. The van der Waals surface area contributed by atoms with Crippen LogP contribution in [-0.4, -0.2) is 47.0 Å². The Morgan fingerprint density at radius 2 is 1.82 bits per heavy atom. The molecule has 0 unspecified atom stereocenters. The van der Waals surface area contributed by atoms with E-state index in [1.807, 2.05) is 6.20 Å². The Kier molecular flexibility index (Phi) is 6.20. The third kappa shape index (κ3) is 4.70. The fourth-order valence-corrected chi connectivity index (χ4v) is 4.65. The molecule has 2 aliphatic rings. The molecular formula is C23H30N4O. The summed E-state index contributed by atoms with van der Waals surface area (Å²) < 4.78 is 0. The largest absolute Gasteiger partial charge is 0.369 e. The number of amides is 1. The predicted molar refractivity (Wildman–Crippen MR) is 111 cm³/mol. The number of benzene rings is 1. The topological polar surface area (TPSA) is 49.3 Å². The molecule has 2 aromatic rings. The highest BCUT2D eigenvalue weighted by Gasteiger charge is 2.31. The predicted octanol–water partition coefficient (Wildman–Crippen LogP) is 3.56. The lowest BCUT2D eigenvalue weighted by Crippen LogP contribution is -2.41. The molecule has 5 nitrogen and oxygen atoms in total. The molecular weight excluding hydrogens is 348 g/mol. The van der Waals surface area contributed by atoms with Gasteiger partial charge in [0.25, 0.3) is 0 Å². The molecule has 0 bridgehead atoms. The Hall–Kier alpha value is -2.43. The van der Waals surface area contributed by atoms with E-state index < -0.39 is 0 Å². The third-order valence-electron chi connectivity index (χ3n) is 6.10. The van der Waals surface area contributed by atoms with E-state index >= 15 is 0 Å². The van der Waals surface area contributed by atoms with Crippen molar-refractivity contribution in [3.05, 3.63) is 54.6 Å². The molecule has 4 rings (SSSR count). The molecule has 1 aromatic carbocycles. The second kappa shape index (κ2) is 9.18. The van der Waals surface area contributed by atoms with Gasteiger partial charge in [-0.25, -0.2) is 0 Å². The molecule has 148 valence electrons. The quantitative estimate of drug-likeness (QED) is 0.816. The average molecular weight is 379 g/mol. The molecule has 0 radical (unpaired) electrons. The summed E-state index contributed by atoms with van der Waals surface area (Å²) in [7, 11) is 0. The fraction of sp³-hybridized carbons (Fsp3) is 0.522. The lowest BCUT2D eigenvalue weighted by molar-refractivity contribution is -0.136. The number of carbonyl (C=O) groups excluding carboxylic acids is 1. The van der Waals surface area contributed by atoms with Gasteiger partial charge in [-0.15, -0.1) is 0 Å². The number of hydrogen-bond donors (Lipinski definition) is 0. The molecule has 1 aliphatic carbocycles. The summed E-state index contributed by atoms with van der Waals surface area (Å²) in [5, 5.41) is 0. The fourth-order valence-electron chi connectivity index (χ4n) is 4.65. The van der Waals surface area contributed by atoms with Gasteiger partial charge in [-0.2, -0.15) is 0 Å². The van der Waals surface area contributed by atoms with Gasteiger partial charge in [-0.1, -0.05) is 37.5 Å². The lowest BCUT2D eigenvalue weighted by Gasteiger charge is -2.29. The molecule has 2 heterocycles. The van der Waals surface area contributed by atoms with Crippen LogP contribution in [0.1, 0.15) is 37.8 Å². The van der Waals surface area contributed by atoms with Crippen LogP contribution in [0, 0.1) is 11.8 Å². The van der Waals surface area contributed by atoms with Crippen molar-refractivity contribution in [2.75, 3.05) is 31.1 Å². The molecule has 0 spiro atoms. The summed E-state index contributed by atoms with van der Waals surface area (Å²) in [5.41, 5.74) is 2.24. The van der Waals surface area contributed by atoms with Crippen LogP contribution in [0.4, 0.5) is 5.69 Å². The molecule has 1 amide bonds. The number of aromatic nitrogens is 2. The van der Waals surface area contributed by atoms with Crippen molar-refractivity contribution < 1.29 is 4.79 Å². The smallest absolute Gasteiger partial charge is 0.225 e. The van der Waals surface area contributed by atoms with Gasteiger partial charge in [0.15, 0.2) is 0 Å². The first-order chi connectivity index (χ1) is 13.8. The minimum atomic E-state index is 0.231. The van der Waals surface area contributed by atoms with Crippen LogP contribution in [0.25, 0.3) is 0 Å². The third-order valence-corrected chi connectivity index (χ3v) is 6.10. The van der Waals surface area contributed by atoms with Crippen LogP contribution in [-0.2, 0) is 11.2 Å². The maximum atomic E-state index is 13.2. The highest BCUT2D eigenvalue weighted by molar-refractivity contribution is 5.79. The summed E-state index contributed by atoms with van der Waals surface area (Å²) in [4.78, 5) is 26.5. The Bertz CT molecular complexity index is 746. The zero-order valence-corrected chi connectivity index (χ0v) is 16.5. The molecule has 0 N–H and O–H groups in total. The molecule has 1 atom stereocenters. The summed E-state index contributed by atoms with van der Waals surface area (Å²) in [5.74, 6) is 0.958. The Morgan fingerprint density at radius 3 is 2.57 bits per heavy atom. The first-order valence-corrected chi connectivity index (χ1v) is 10.6. The Labute approximate surface area is 167 Å². The van der Waals surface area contributed by atoms with Crippen molar-refractivity contribution in [2.24, 2.45) is 11.8 Å². The zero-order valence-electron chi connectivity index (χ0n) is 16.5. The van der Waals surface area contributed by atoms with Crippen molar-refractivity contribution >= 4 is 11.6 Å². The van der Waals surface area contributed by atoms with Crippen LogP contribution in [0.3, 0.4) is 0 Å². The number of rotatable bonds is 4. The standard InChI is InChI=1S/C23H30N4O/c28-23(20-7-3-1-4-8-20)27-14-13-26(22-9-5-2-6-10-22)17-19(18-27)15-21-16-24-11-12-25-21/h2,5-6,9-12,16,19-20H,1,3-4,7-8,13-15,17-18H2/t19-/m1/s1. The summed E-state index contributed by atoms with van der Waals surface area (Å²) in [6.07, 6.45) is 12.0. The SMILES string of the molecule is O=C(C1CCCCC1)N1CCN(c2ccccc2)C[C@@H](Cc2cnccn2)C1. The number of para-hydroxylation sites is 1. The van der Waals surface area contributed by atoms with Gasteiger partial charge in [0.2, 0.25) is 5.91 Å². The maximum Gasteiger partial charge on any atom is 0.225 e. The highest BCUT2D eigenvalue weighted by atomic mass is 16.2.